The summed E-state index contributed by atoms with van der Waals surface area (Å²) in [4.78, 5) is 22.6. The maximum atomic E-state index is 11.6. The first-order chi connectivity index (χ1) is 8.99. The van der Waals surface area contributed by atoms with E-state index in [4.69, 9.17) is 5.11 Å². The lowest BCUT2D eigenvalue weighted by molar-refractivity contribution is -0.142. The first kappa shape index (κ1) is 15.8. The van der Waals surface area contributed by atoms with Crippen LogP contribution < -0.4 is 10.6 Å². The van der Waals surface area contributed by atoms with Crippen molar-refractivity contribution >= 4 is 12.0 Å². The first-order valence-corrected chi connectivity index (χ1v) is 7.23. The predicted octanol–water partition coefficient (Wildman–Crippen LogP) is 2.22. The van der Waals surface area contributed by atoms with Crippen molar-refractivity contribution in [3.05, 3.63) is 0 Å². The molecular formula is C14H26N2O3. The number of carboxylic acid groups (broad SMARTS) is 1. The highest BCUT2D eigenvalue weighted by Gasteiger charge is 2.20. The van der Waals surface area contributed by atoms with Crippen LogP contribution in [-0.4, -0.2) is 30.2 Å². The molecule has 19 heavy (non-hydrogen) atoms. The summed E-state index contributed by atoms with van der Waals surface area (Å²) in [5.74, 6) is -0.442. The third-order valence-electron chi connectivity index (χ3n) is 3.64. The minimum absolute atomic E-state index is 0.198. The van der Waals surface area contributed by atoms with E-state index in [1.54, 1.807) is 0 Å². The number of amides is 2. The molecule has 5 heteroatoms. The Bertz CT molecular complexity index is 299. The molecule has 1 saturated carbocycles. The zero-order chi connectivity index (χ0) is 14.3. The third-order valence-corrected chi connectivity index (χ3v) is 3.64. The smallest absolute Gasteiger partial charge is 0.314 e. The maximum absolute atomic E-state index is 11.6. The Labute approximate surface area is 115 Å². The van der Waals surface area contributed by atoms with E-state index >= 15 is 0 Å². The van der Waals surface area contributed by atoms with Crippen molar-refractivity contribution in [3.8, 4) is 0 Å². The number of hydrogen-bond donors (Lipinski definition) is 3. The Morgan fingerprint density at radius 2 is 1.84 bits per heavy atom. The topological polar surface area (TPSA) is 78.4 Å². The molecule has 1 rings (SSSR count). The number of carboxylic acids is 1. The highest BCUT2D eigenvalue weighted by Crippen LogP contribution is 2.23. The van der Waals surface area contributed by atoms with Gasteiger partial charge in [-0.1, -0.05) is 26.7 Å². The average molecular weight is 270 g/mol. The molecule has 1 unspecified atom stereocenters. The lowest BCUT2D eigenvalue weighted by atomic mass is 9.97. The number of urea groups is 1. The maximum Gasteiger partial charge on any atom is 0.314 e. The fourth-order valence-corrected chi connectivity index (χ4v) is 2.57. The number of rotatable bonds is 7. The monoisotopic (exact) mass is 270 g/mol. The van der Waals surface area contributed by atoms with Gasteiger partial charge in [-0.2, -0.15) is 0 Å². The van der Waals surface area contributed by atoms with Gasteiger partial charge in [-0.05, 0) is 31.1 Å². The van der Waals surface area contributed by atoms with Crippen LogP contribution in [0.1, 0.15) is 46.0 Å². The van der Waals surface area contributed by atoms with Crippen molar-refractivity contribution in [2.75, 3.05) is 13.1 Å². The summed E-state index contributed by atoms with van der Waals surface area (Å²) in [6.07, 6.45) is 5.46. The molecule has 0 spiro atoms. The van der Waals surface area contributed by atoms with Crippen LogP contribution in [0.15, 0.2) is 0 Å². The van der Waals surface area contributed by atoms with E-state index in [2.05, 4.69) is 10.6 Å². The van der Waals surface area contributed by atoms with Gasteiger partial charge < -0.3 is 15.7 Å². The van der Waals surface area contributed by atoms with Gasteiger partial charge in [0.2, 0.25) is 0 Å². The highest BCUT2D eigenvalue weighted by molar-refractivity contribution is 5.75. The fraction of sp³-hybridized carbons (Fsp3) is 0.857. The van der Waals surface area contributed by atoms with Crippen LogP contribution in [0.25, 0.3) is 0 Å². The summed E-state index contributed by atoms with van der Waals surface area (Å²) in [6.45, 7) is 4.87. The molecule has 0 heterocycles. The summed E-state index contributed by atoms with van der Waals surface area (Å²) >= 11 is 0. The SMILES string of the molecule is CC(C)CC(CNC(=O)NCC1CCCC1)C(=O)O. The van der Waals surface area contributed by atoms with Gasteiger partial charge in [-0.25, -0.2) is 4.79 Å². The predicted molar refractivity (Wildman–Crippen MR) is 73.9 cm³/mol. The van der Waals surface area contributed by atoms with Crippen molar-refractivity contribution < 1.29 is 14.7 Å². The molecule has 0 aromatic heterocycles. The summed E-state index contributed by atoms with van der Waals surface area (Å²) in [6, 6.07) is -0.248. The van der Waals surface area contributed by atoms with E-state index in [-0.39, 0.29) is 12.6 Å². The van der Waals surface area contributed by atoms with Gasteiger partial charge in [0, 0.05) is 13.1 Å². The van der Waals surface area contributed by atoms with Gasteiger partial charge in [-0.15, -0.1) is 0 Å². The second-order valence-electron chi connectivity index (χ2n) is 5.91. The van der Waals surface area contributed by atoms with Gasteiger partial charge >= 0.3 is 12.0 Å². The van der Waals surface area contributed by atoms with Crippen molar-refractivity contribution in [1.29, 1.82) is 0 Å². The molecule has 1 aliphatic carbocycles. The minimum Gasteiger partial charge on any atom is -0.481 e. The van der Waals surface area contributed by atoms with Crippen molar-refractivity contribution in [2.24, 2.45) is 17.8 Å². The van der Waals surface area contributed by atoms with E-state index in [0.29, 0.717) is 24.8 Å². The summed E-state index contributed by atoms with van der Waals surface area (Å²) in [5.41, 5.74) is 0. The van der Waals surface area contributed by atoms with E-state index in [9.17, 15) is 9.59 Å². The van der Waals surface area contributed by atoms with Gasteiger partial charge in [0.25, 0.3) is 0 Å². The minimum atomic E-state index is -0.843. The van der Waals surface area contributed by atoms with E-state index in [0.717, 1.165) is 0 Å². The van der Waals surface area contributed by atoms with Crippen molar-refractivity contribution in [1.82, 2.24) is 10.6 Å². The Balaban J connectivity index is 2.21. The molecule has 0 bridgehead atoms. The van der Waals surface area contributed by atoms with Crippen LogP contribution in [0.5, 0.6) is 0 Å². The van der Waals surface area contributed by atoms with Gasteiger partial charge in [-0.3, -0.25) is 4.79 Å². The van der Waals surface area contributed by atoms with Crippen molar-refractivity contribution in [2.45, 2.75) is 46.0 Å². The van der Waals surface area contributed by atoms with Gasteiger partial charge in [0.1, 0.15) is 0 Å². The van der Waals surface area contributed by atoms with Gasteiger partial charge in [0.05, 0.1) is 5.92 Å². The van der Waals surface area contributed by atoms with Crippen LogP contribution >= 0.6 is 0 Å². The molecule has 0 aliphatic heterocycles. The molecule has 0 saturated heterocycles. The quantitative estimate of drug-likeness (QED) is 0.663. The molecule has 5 nitrogen and oxygen atoms in total. The molecule has 2 amide bonds. The Kier molecular flexibility index (Phi) is 6.67. The number of carbonyl (C=O) groups is 2. The van der Waals surface area contributed by atoms with Crippen LogP contribution in [0.3, 0.4) is 0 Å². The van der Waals surface area contributed by atoms with Crippen molar-refractivity contribution in [3.63, 3.8) is 0 Å². The number of carbonyl (C=O) groups excluding carboxylic acids is 1. The van der Waals surface area contributed by atoms with Crippen LogP contribution in [0.4, 0.5) is 4.79 Å². The van der Waals surface area contributed by atoms with E-state index < -0.39 is 11.9 Å². The lowest BCUT2D eigenvalue weighted by Gasteiger charge is -2.16. The Morgan fingerprint density at radius 1 is 1.21 bits per heavy atom. The standard InChI is InChI=1S/C14H26N2O3/c1-10(2)7-12(13(17)18)9-16-14(19)15-8-11-5-3-4-6-11/h10-12H,3-9H2,1-2H3,(H,17,18)(H2,15,16,19). The molecule has 110 valence electrons. The summed E-state index contributed by atoms with van der Waals surface area (Å²) < 4.78 is 0. The molecule has 0 aromatic carbocycles. The van der Waals surface area contributed by atoms with E-state index in [1.807, 2.05) is 13.8 Å². The third kappa shape index (κ3) is 6.45. The lowest BCUT2D eigenvalue weighted by Crippen LogP contribution is -2.41. The Morgan fingerprint density at radius 3 is 2.37 bits per heavy atom. The second kappa shape index (κ2) is 8.02. The summed E-state index contributed by atoms with van der Waals surface area (Å²) in [7, 11) is 0. The van der Waals surface area contributed by atoms with Crippen LogP contribution in [-0.2, 0) is 4.79 Å². The molecule has 0 radical (unpaired) electrons. The normalized spacial score (nSPS) is 17.4. The molecule has 1 aliphatic rings. The average Bonchev–Trinajstić information content (AvgIpc) is 2.84. The largest absolute Gasteiger partial charge is 0.481 e. The second-order valence-corrected chi connectivity index (χ2v) is 5.91. The zero-order valence-corrected chi connectivity index (χ0v) is 11.9. The molecular weight excluding hydrogens is 244 g/mol. The Hall–Kier alpha value is -1.26. The van der Waals surface area contributed by atoms with Gasteiger partial charge in [0.15, 0.2) is 0 Å². The molecule has 3 N–H and O–H groups in total. The molecule has 1 atom stereocenters. The zero-order valence-electron chi connectivity index (χ0n) is 11.9. The molecule has 0 aromatic rings. The molecule has 1 fully saturated rings. The number of aliphatic carboxylic acids is 1. The van der Waals surface area contributed by atoms with Crippen LogP contribution in [0, 0.1) is 17.8 Å². The highest BCUT2D eigenvalue weighted by atomic mass is 16.4. The number of hydrogen-bond acceptors (Lipinski definition) is 2. The van der Waals surface area contributed by atoms with Crippen LogP contribution in [0.2, 0.25) is 0 Å². The fourth-order valence-electron chi connectivity index (χ4n) is 2.57. The number of nitrogens with one attached hydrogen (secondary N) is 2. The summed E-state index contributed by atoms with van der Waals surface area (Å²) in [5, 5.41) is 14.6. The first-order valence-electron chi connectivity index (χ1n) is 7.23. The van der Waals surface area contributed by atoms with E-state index in [1.165, 1.54) is 25.7 Å².